The molecule has 0 saturated heterocycles. The Morgan fingerprint density at radius 1 is 1.28 bits per heavy atom. The molecule has 18 heavy (non-hydrogen) atoms. The van der Waals surface area contributed by atoms with Gasteiger partial charge in [0.15, 0.2) is 5.78 Å². The third-order valence-corrected chi connectivity index (χ3v) is 3.07. The maximum atomic E-state index is 10.9. The predicted octanol–water partition coefficient (Wildman–Crippen LogP) is 3.60. The van der Waals surface area contributed by atoms with Crippen LogP contribution in [-0.4, -0.2) is 23.7 Å². The van der Waals surface area contributed by atoms with Crippen molar-refractivity contribution in [1.82, 2.24) is 0 Å². The van der Waals surface area contributed by atoms with Crippen LogP contribution in [0.3, 0.4) is 0 Å². The number of rotatable bonds is 4. The third-order valence-electron chi connectivity index (χ3n) is 1.99. The molecule has 1 unspecified atom stereocenters. The summed E-state index contributed by atoms with van der Waals surface area (Å²) in [6, 6.07) is 9.97. The zero-order valence-electron chi connectivity index (χ0n) is 10.4. The molecule has 0 amide bonds. The number of Topliss-reactive ketones (excluding diaryl/α,β-unsaturated/α-hetero) is 1. The summed E-state index contributed by atoms with van der Waals surface area (Å²) in [5.74, 6) is -1.24. The zero-order valence-corrected chi connectivity index (χ0v) is 13.5. The molecular formula is C13H16Br2O3. The van der Waals surface area contributed by atoms with E-state index in [0.29, 0.717) is 6.61 Å². The van der Waals surface area contributed by atoms with Crippen LogP contribution in [0.4, 0.5) is 0 Å². The summed E-state index contributed by atoms with van der Waals surface area (Å²) in [4.78, 5) is 21.8. The van der Waals surface area contributed by atoms with E-state index in [9.17, 15) is 9.59 Å². The highest BCUT2D eigenvalue weighted by atomic mass is 79.9. The van der Waals surface area contributed by atoms with E-state index in [2.05, 4.69) is 36.6 Å². The molecule has 0 fully saturated rings. The van der Waals surface area contributed by atoms with E-state index in [1.165, 1.54) is 0 Å². The highest BCUT2D eigenvalue weighted by Gasteiger charge is 2.20. The molecule has 0 spiro atoms. The number of hydrogen-bond acceptors (Lipinski definition) is 3. The van der Waals surface area contributed by atoms with Gasteiger partial charge in [-0.15, -0.1) is 0 Å². The van der Waals surface area contributed by atoms with Gasteiger partial charge >= 0.3 is 5.97 Å². The number of ketones is 1. The third kappa shape index (κ3) is 7.61. The van der Waals surface area contributed by atoms with Gasteiger partial charge in [-0.2, -0.15) is 0 Å². The summed E-state index contributed by atoms with van der Waals surface area (Å²) in [6.07, 6.45) is 0. The van der Waals surface area contributed by atoms with Gasteiger partial charge in [0, 0.05) is 4.47 Å². The van der Waals surface area contributed by atoms with E-state index in [-0.39, 0.29) is 11.1 Å². The van der Waals surface area contributed by atoms with Crippen molar-refractivity contribution in [2.45, 2.75) is 13.8 Å². The Hall–Kier alpha value is -0.680. The van der Waals surface area contributed by atoms with Gasteiger partial charge in [0.05, 0.1) is 11.9 Å². The van der Waals surface area contributed by atoms with E-state index < -0.39 is 11.9 Å². The van der Waals surface area contributed by atoms with Crippen LogP contribution in [0, 0.1) is 5.92 Å². The van der Waals surface area contributed by atoms with Gasteiger partial charge in [0.1, 0.15) is 5.92 Å². The molecule has 1 aromatic carbocycles. The van der Waals surface area contributed by atoms with Gasteiger partial charge in [0.2, 0.25) is 0 Å². The fraction of sp³-hybridized carbons (Fsp3) is 0.385. The van der Waals surface area contributed by atoms with Gasteiger partial charge in [0.25, 0.3) is 0 Å². The lowest BCUT2D eigenvalue weighted by molar-refractivity contribution is -0.150. The monoisotopic (exact) mass is 378 g/mol. The van der Waals surface area contributed by atoms with E-state index in [1.54, 1.807) is 13.8 Å². The zero-order chi connectivity index (χ0) is 14.0. The van der Waals surface area contributed by atoms with Crippen molar-refractivity contribution in [2.24, 2.45) is 5.92 Å². The standard InChI is InChI=1S/C7H11BrO3.C6H5Br/c1-3-11-7(10)5(2)6(9)4-8;7-6-4-2-1-3-5-6/h5H,3-4H2,1-2H3;1-5H. The van der Waals surface area contributed by atoms with Gasteiger partial charge in [-0.3, -0.25) is 9.59 Å². The van der Waals surface area contributed by atoms with Crippen LogP contribution in [0.2, 0.25) is 0 Å². The fourth-order valence-corrected chi connectivity index (χ4v) is 1.72. The minimum atomic E-state index is -0.644. The molecular weight excluding hydrogens is 364 g/mol. The lowest BCUT2D eigenvalue weighted by Crippen LogP contribution is -2.23. The number of carbonyl (C=O) groups excluding carboxylic acids is 2. The smallest absolute Gasteiger partial charge is 0.316 e. The molecule has 100 valence electrons. The molecule has 0 aliphatic carbocycles. The van der Waals surface area contributed by atoms with Gasteiger partial charge in [-0.25, -0.2) is 0 Å². The molecule has 0 aliphatic rings. The van der Waals surface area contributed by atoms with Crippen LogP contribution in [0.15, 0.2) is 34.8 Å². The second-order valence-electron chi connectivity index (χ2n) is 3.37. The molecule has 1 rings (SSSR count). The first-order valence-corrected chi connectivity index (χ1v) is 7.40. The normalized spacial score (nSPS) is 10.9. The molecule has 3 nitrogen and oxygen atoms in total. The van der Waals surface area contributed by atoms with Gasteiger partial charge < -0.3 is 4.74 Å². The van der Waals surface area contributed by atoms with E-state index >= 15 is 0 Å². The molecule has 1 atom stereocenters. The Morgan fingerprint density at radius 3 is 2.17 bits per heavy atom. The molecule has 0 heterocycles. The number of benzene rings is 1. The highest BCUT2D eigenvalue weighted by Crippen LogP contribution is 2.05. The lowest BCUT2D eigenvalue weighted by Gasteiger charge is -2.06. The Labute approximate surface area is 124 Å². The summed E-state index contributed by atoms with van der Waals surface area (Å²) in [5, 5.41) is 0.201. The molecule has 1 aromatic rings. The summed E-state index contributed by atoms with van der Waals surface area (Å²) in [6.45, 7) is 3.57. The molecule has 0 radical (unpaired) electrons. The topological polar surface area (TPSA) is 43.4 Å². The Balaban J connectivity index is 0.000000351. The first kappa shape index (κ1) is 17.3. The second kappa shape index (κ2) is 10.3. The van der Waals surface area contributed by atoms with Crippen LogP contribution < -0.4 is 0 Å². The highest BCUT2D eigenvalue weighted by molar-refractivity contribution is 9.10. The summed E-state index contributed by atoms with van der Waals surface area (Å²) in [5.41, 5.74) is 0. The Morgan fingerprint density at radius 2 is 1.83 bits per heavy atom. The van der Waals surface area contributed by atoms with Crippen molar-refractivity contribution in [3.63, 3.8) is 0 Å². The summed E-state index contributed by atoms with van der Waals surface area (Å²) in [7, 11) is 0. The number of carbonyl (C=O) groups is 2. The lowest BCUT2D eigenvalue weighted by atomic mass is 10.1. The maximum absolute atomic E-state index is 10.9. The van der Waals surface area contributed by atoms with Crippen LogP contribution in [0.5, 0.6) is 0 Å². The number of hydrogen-bond donors (Lipinski definition) is 0. The summed E-state index contributed by atoms with van der Waals surface area (Å²) < 4.78 is 5.78. The average molecular weight is 380 g/mol. The molecule has 0 bridgehead atoms. The van der Waals surface area contributed by atoms with Crippen molar-refractivity contribution in [2.75, 3.05) is 11.9 Å². The fourth-order valence-electron chi connectivity index (χ4n) is 0.929. The number of halogens is 2. The van der Waals surface area contributed by atoms with E-state index in [4.69, 9.17) is 0 Å². The van der Waals surface area contributed by atoms with Crippen LogP contribution in [0.25, 0.3) is 0 Å². The first-order valence-electron chi connectivity index (χ1n) is 5.48. The second-order valence-corrected chi connectivity index (χ2v) is 4.85. The number of esters is 1. The average Bonchev–Trinajstić information content (AvgIpc) is 2.39. The minimum absolute atomic E-state index is 0.150. The summed E-state index contributed by atoms with van der Waals surface area (Å²) >= 11 is 6.29. The number of alkyl halides is 1. The van der Waals surface area contributed by atoms with E-state index in [1.807, 2.05) is 30.3 Å². The van der Waals surface area contributed by atoms with Crippen LogP contribution in [-0.2, 0) is 14.3 Å². The van der Waals surface area contributed by atoms with Crippen LogP contribution in [0.1, 0.15) is 13.8 Å². The van der Waals surface area contributed by atoms with Crippen molar-refractivity contribution in [3.8, 4) is 0 Å². The van der Waals surface area contributed by atoms with Crippen molar-refractivity contribution in [3.05, 3.63) is 34.8 Å². The Kier molecular flexibility index (Phi) is 9.87. The molecule has 0 aliphatic heterocycles. The first-order chi connectivity index (χ1) is 8.52. The largest absolute Gasteiger partial charge is 0.465 e. The van der Waals surface area contributed by atoms with Gasteiger partial charge in [-0.1, -0.05) is 50.1 Å². The van der Waals surface area contributed by atoms with Crippen molar-refractivity contribution in [1.29, 1.82) is 0 Å². The van der Waals surface area contributed by atoms with Crippen molar-refractivity contribution >= 4 is 43.6 Å². The SMILES string of the molecule is Brc1ccccc1.CCOC(=O)C(C)C(=O)CBr. The van der Waals surface area contributed by atoms with E-state index in [0.717, 1.165) is 4.47 Å². The quantitative estimate of drug-likeness (QED) is 0.456. The van der Waals surface area contributed by atoms with Crippen molar-refractivity contribution < 1.29 is 14.3 Å². The maximum Gasteiger partial charge on any atom is 0.316 e. The molecule has 0 N–H and O–H groups in total. The minimum Gasteiger partial charge on any atom is -0.465 e. The molecule has 5 heteroatoms. The predicted molar refractivity (Wildman–Crippen MR) is 78.7 cm³/mol. The van der Waals surface area contributed by atoms with Gasteiger partial charge in [-0.05, 0) is 26.0 Å². The molecule has 0 aromatic heterocycles. The Bertz CT molecular complexity index is 366. The molecule has 0 saturated carbocycles. The number of ether oxygens (including phenoxy) is 1. The van der Waals surface area contributed by atoms with Crippen LogP contribution >= 0.6 is 31.9 Å².